The molecule has 112 valence electrons. The van der Waals surface area contributed by atoms with Crippen LogP contribution in [0.15, 0.2) is 12.1 Å². The summed E-state index contributed by atoms with van der Waals surface area (Å²) in [6, 6.07) is 3.05. The number of carbonyl (C=O) groups is 1. The van der Waals surface area contributed by atoms with Crippen molar-refractivity contribution in [3.05, 3.63) is 29.1 Å². The van der Waals surface area contributed by atoms with Crippen LogP contribution in [0.4, 0.5) is 10.1 Å². The molecule has 20 heavy (non-hydrogen) atoms. The molecule has 1 rings (SSSR count). The second-order valence-electron chi connectivity index (χ2n) is 5.41. The molecule has 0 aliphatic rings. The first-order valence-corrected chi connectivity index (χ1v) is 6.71. The molecular weight excluding hydrogens is 259 g/mol. The van der Waals surface area contributed by atoms with Gasteiger partial charge in [0, 0.05) is 24.3 Å². The fraction of sp³-hybridized carbons (Fsp3) is 0.533. The van der Waals surface area contributed by atoms with Crippen LogP contribution in [0.5, 0.6) is 0 Å². The number of rotatable bonds is 5. The molecule has 0 heterocycles. The lowest BCUT2D eigenvalue weighted by atomic mass is 10.0. The number of hydrogen-bond acceptors (Lipinski definition) is 3. The summed E-state index contributed by atoms with van der Waals surface area (Å²) < 4.78 is 13.6. The molecule has 1 amide bonds. The molecule has 0 bridgehead atoms. The summed E-state index contributed by atoms with van der Waals surface area (Å²) in [5.74, 6) is -0.467. The summed E-state index contributed by atoms with van der Waals surface area (Å²) in [6.07, 6.45) is -0.796. The van der Waals surface area contributed by atoms with Crippen LogP contribution in [-0.2, 0) is 4.79 Å². The van der Waals surface area contributed by atoms with Crippen LogP contribution < -0.4 is 10.2 Å². The fourth-order valence-electron chi connectivity index (χ4n) is 2.02. The second-order valence-corrected chi connectivity index (χ2v) is 5.41. The Bertz CT molecular complexity index is 487. The van der Waals surface area contributed by atoms with Crippen LogP contribution in [0, 0.1) is 12.7 Å². The summed E-state index contributed by atoms with van der Waals surface area (Å²) in [7, 11) is 1.75. The summed E-state index contributed by atoms with van der Waals surface area (Å²) in [5, 5.41) is 12.6. The van der Waals surface area contributed by atoms with Crippen molar-refractivity contribution in [1.82, 2.24) is 5.32 Å². The van der Waals surface area contributed by atoms with Gasteiger partial charge in [0.2, 0.25) is 5.91 Å². The van der Waals surface area contributed by atoms with Gasteiger partial charge in [-0.3, -0.25) is 4.79 Å². The van der Waals surface area contributed by atoms with Crippen LogP contribution in [0.3, 0.4) is 0 Å². The molecule has 0 aliphatic carbocycles. The Morgan fingerprint density at radius 1 is 1.40 bits per heavy atom. The Morgan fingerprint density at radius 2 is 2.00 bits per heavy atom. The topological polar surface area (TPSA) is 52.6 Å². The van der Waals surface area contributed by atoms with E-state index in [-0.39, 0.29) is 24.3 Å². The summed E-state index contributed by atoms with van der Waals surface area (Å²) in [4.78, 5) is 13.5. The molecule has 0 fully saturated rings. The molecule has 1 aromatic carbocycles. The molecule has 4 nitrogen and oxygen atoms in total. The number of carbonyl (C=O) groups excluding carboxylic acids is 1. The molecule has 1 atom stereocenters. The highest BCUT2D eigenvalue weighted by molar-refractivity contribution is 5.81. The van der Waals surface area contributed by atoms with Crippen molar-refractivity contribution in [2.75, 3.05) is 18.5 Å². The van der Waals surface area contributed by atoms with E-state index in [1.54, 1.807) is 31.9 Å². The average molecular weight is 282 g/mol. The van der Waals surface area contributed by atoms with Gasteiger partial charge in [0.05, 0.1) is 12.6 Å². The molecule has 1 aromatic rings. The first-order chi connectivity index (χ1) is 9.22. The number of amides is 1. The standard InChI is InChI=1S/C15H23FN2O2/c1-9(2)17-15(20)8-18(5)14-6-10(3)13(16)7-12(14)11(4)19/h6-7,9,11,19H,8H2,1-5H3,(H,17,20). The highest BCUT2D eigenvalue weighted by atomic mass is 19.1. The van der Waals surface area contributed by atoms with E-state index in [9.17, 15) is 14.3 Å². The van der Waals surface area contributed by atoms with Gasteiger partial charge in [-0.05, 0) is 45.4 Å². The molecule has 0 aromatic heterocycles. The summed E-state index contributed by atoms with van der Waals surface area (Å²) in [6.45, 7) is 7.17. The van der Waals surface area contributed by atoms with Crippen molar-refractivity contribution >= 4 is 11.6 Å². The second kappa shape index (κ2) is 6.70. The van der Waals surface area contributed by atoms with Gasteiger partial charge in [-0.25, -0.2) is 4.39 Å². The fourth-order valence-corrected chi connectivity index (χ4v) is 2.02. The van der Waals surface area contributed by atoms with Crippen molar-refractivity contribution in [2.24, 2.45) is 0 Å². The van der Waals surface area contributed by atoms with Crippen molar-refractivity contribution in [3.8, 4) is 0 Å². The minimum atomic E-state index is -0.796. The lowest BCUT2D eigenvalue weighted by Gasteiger charge is -2.24. The highest BCUT2D eigenvalue weighted by Crippen LogP contribution is 2.28. The number of aliphatic hydroxyl groups is 1. The third kappa shape index (κ3) is 4.20. The van der Waals surface area contributed by atoms with E-state index in [4.69, 9.17) is 0 Å². The van der Waals surface area contributed by atoms with E-state index in [0.717, 1.165) is 0 Å². The molecule has 0 radical (unpaired) electrons. The number of hydrogen-bond donors (Lipinski definition) is 2. The number of aliphatic hydroxyl groups excluding tert-OH is 1. The van der Waals surface area contributed by atoms with Gasteiger partial charge in [-0.15, -0.1) is 0 Å². The average Bonchev–Trinajstić information content (AvgIpc) is 2.30. The van der Waals surface area contributed by atoms with Crippen LogP contribution >= 0.6 is 0 Å². The summed E-state index contributed by atoms with van der Waals surface area (Å²) >= 11 is 0. The predicted octanol–water partition coefficient (Wildman–Crippen LogP) is 2.15. The van der Waals surface area contributed by atoms with Gasteiger partial charge < -0.3 is 15.3 Å². The summed E-state index contributed by atoms with van der Waals surface area (Å²) in [5.41, 5.74) is 1.63. The van der Waals surface area contributed by atoms with Gasteiger partial charge in [0.1, 0.15) is 5.82 Å². The van der Waals surface area contributed by atoms with E-state index in [1.807, 2.05) is 13.8 Å². The Hall–Kier alpha value is -1.62. The third-order valence-corrected chi connectivity index (χ3v) is 3.00. The van der Waals surface area contributed by atoms with E-state index in [0.29, 0.717) is 16.8 Å². The zero-order valence-corrected chi connectivity index (χ0v) is 12.7. The van der Waals surface area contributed by atoms with Gasteiger partial charge in [0.25, 0.3) is 0 Å². The first kappa shape index (κ1) is 16.4. The van der Waals surface area contributed by atoms with Crippen LogP contribution in [0.25, 0.3) is 0 Å². The molecule has 0 aliphatic heterocycles. The van der Waals surface area contributed by atoms with Gasteiger partial charge in [0.15, 0.2) is 0 Å². The normalized spacial score (nSPS) is 12.4. The maximum atomic E-state index is 13.6. The van der Waals surface area contributed by atoms with E-state index in [2.05, 4.69) is 5.32 Å². The van der Waals surface area contributed by atoms with Crippen LogP contribution in [-0.4, -0.2) is 30.6 Å². The van der Waals surface area contributed by atoms with E-state index >= 15 is 0 Å². The zero-order valence-electron chi connectivity index (χ0n) is 12.7. The molecule has 2 N–H and O–H groups in total. The smallest absolute Gasteiger partial charge is 0.239 e. The van der Waals surface area contributed by atoms with Gasteiger partial charge in [-0.1, -0.05) is 0 Å². The Kier molecular flexibility index (Phi) is 5.51. The number of nitrogens with one attached hydrogen (secondary N) is 1. The number of nitrogens with zero attached hydrogens (tertiary/aromatic N) is 1. The lowest BCUT2D eigenvalue weighted by Crippen LogP contribution is -2.39. The minimum absolute atomic E-state index is 0.0714. The zero-order chi connectivity index (χ0) is 15.4. The molecule has 5 heteroatoms. The molecule has 0 saturated carbocycles. The van der Waals surface area contributed by atoms with Crippen molar-refractivity contribution in [2.45, 2.75) is 39.8 Å². The molecule has 0 spiro atoms. The van der Waals surface area contributed by atoms with Gasteiger partial charge in [-0.2, -0.15) is 0 Å². The van der Waals surface area contributed by atoms with Crippen molar-refractivity contribution < 1.29 is 14.3 Å². The number of aryl methyl sites for hydroxylation is 1. The van der Waals surface area contributed by atoms with E-state index < -0.39 is 6.10 Å². The predicted molar refractivity (Wildman–Crippen MR) is 78.3 cm³/mol. The first-order valence-electron chi connectivity index (χ1n) is 6.71. The highest BCUT2D eigenvalue weighted by Gasteiger charge is 2.17. The number of benzene rings is 1. The Morgan fingerprint density at radius 3 is 2.50 bits per heavy atom. The monoisotopic (exact) mass is 282 g/mol. The number of likely N-dealkylation sites (N-methyl/N-ethyl adjacent to an activating group) is 1. The minimum Gasteiger partial charge on any atom is -0.389 e. The van der Waals surface area contributed by atoms with Crippen molar-refractivity contribution in [1.29, 1.82) is 0 Å². The molecule has 1 unspecified atom stereocenters. The Balaban J connectivity index is 2.99. The van der Waals surface area contributed by atoms with Gasteiger partial charge >= 0.3 is 0 Å². The SMILES string of the molecule is Cc1cc(N(C)CC(=O)NC(C)C)c(C(C)O)cc1F. The molecule has 0 saturated heterocycles. The quantitative estimate of drug-likeness (QED) is 0.870. The lowest BCUT2D eigenvalue weighted by molar-refractivity contribution is -0.120. The number of halogens is 1. The van der Waals surface area contributed by atoms with Crippen LogP contribution in [0.2, 0.25) is 0 Å². The third-order valence-electron chi connectivity index (χ3n) is 3.00. The maximum Gasteiger partial charge on any atom is 0.239 e. The van der Waals surface area contributed by atoms with Crippen molar-refractivity contribution in [3.63, 3.8) is 0 Å². The maximum absolute atomic E-state index is 13.6. The Labute approximate surface area is 119 Å². The number of anilines is 1. The largest absolute Gasteiger partial charge is 0.389 e. The van der Waals surface area contributed by atoms with Crippen LogP contribution in [0.1, 0.15) is 38.0 Å². The molecular formula is C15H23FN2O2. The van der Waals surface area contributed by atoms with E-state index in [1.165, 1.54) is 6.07 Å².